The van der Waals surface area contributed by atoms with E-state index in [0.29, 0.717) is 0 Å². The number of carboxylic acids is 1. The van der Waals surface area contributed by atoms with Gasteiger partial charge in [-0.2, -0.15) is 13.2 Å². The van der Waals surface area contributed by atoms with E-state index in [1.807, 2.05) is 0 Å². The summed E-state index contributed by atoms with van der Waals surface area (Å²) in [6.07, 6.45) is -3.22. The molecule has 1 aliphatic heterocycles. The van der Waals surface area contributed by atoms with Gasteiger partial charge in [-0.25, -0.2) is 4.98 Å². The number of halogens is 3. The Morgan fingerprint density at radius 3 is 2.74 bits per heavy atom. The summed E-state index contributed by atoms with van der Waals surface area (Å²) in [5.74, 6) is -1.50. The van der Waals surface area contributed by atoms with E-state index >= 15 is 0 Å². The Kier molecular flexibility index (Phi) is 3.13. The van der Waals surface area contributed by atoms with Crippen LogP contribution >= 0.6 is 0 Å². The smallest absolute Gasteiger partial charge is 0.419 e. The van der Waals surface area contributed by atoms with Gasteiger partial charge in [0.1, 0.15) is 11.4 Å². The van der Waals surface area contributed by atoms with Crippen LogP contribution in [0.25, 0.3) is 0 Å². The third-order valence-electron chi connectivity index (χ3n) is 3.12. The van der Waals surface area contributed by atoms with Crippen LogP contribution in [-0.2, 0) is 11.0 Å². The highest BCUT2D eigenvalue weighted by molar-refractivity contribution is 5.80. The van der Waals surface area contributed by atoms with E-state index in [1.54, 1.807) is 0 Å². The molecule has 1 atom stereocenters. The van der Waals surface area contributed by atoms with E-state index in [2.05, 4.69) is 4.98 Å². The summed E-state index contributed by atoms with van der Waals surface area (Å²) >= 11 is 0. The number of anilines is 1. The van der Waals surface area contributed by atoms with Crippen LogP contribution < -0.4 is 10.6 Å². The third kappa shape index (κ3) is 2.48. The molecule has 0 bridgehead atoms. The van der Waals surface area contributed by atoms with E-state index in [0.717, 1.165) is 6.07 Å². The van der Waals surface area contributed by atoms with E-state index in [-0.39, 0.29) is 25.3 Å². The molecule has 1 fully saturated rings. The number of hydrogen-bond donors (Lipinski definition) is 2. The summed E-state index contributed by atoms with van der Waals surface area (Å²) in [4.78, 5) is 16.0. The number of carbonyl (C=O) groups is 1. The number of nitrogens with two attached hydrogens (primary N) is 1. The number of nitrogens with zero attached hydrogens (tertiary/aromatic N) is 2. The second-order valence-electron chi connectivity index (χ2n) is 4.51. The molecular formula is C11H12F3N3O2. The fourth-order valence-corrected chi connectivity index (χ4v) is 2.06. The zero-order chi connectivity index (χ0) is 14.3. The van der Waals surface area contributed by atoms with Crippen molar-refractivity contribution in [3.8, 4) is 0 Å². The van der Waals surface area contributed by atoms with Gasteiger partial charge in [0.25, 0.3) is 0 Å². The van der Waals surface area contributed by atoms with Gasteiger partial charge in [-0.05, 0) is 18.6 Å². The van der Waals surface area contributed by atoms with Gasteiger partial charge in [-0.15, -0.1) is 0 Å². The molecule has 1 aromatic rings. The first-order valence-electron chi connectivity index (χ1n) is 5.53. The predicted octanol–water partition coefficient (Wildman–Crippen LogP) is 1.09. The number of rotatable bonds is 2. The molecule has 2 heterocycles. The highest BCUT2D eigenvalue weighted by Gasteiger charge is 2.44. The van der Waals surface area contributed by atoms with E-state index in [4.69, 9.17) is 10.8 Å². The van der Waals surface area contributed by atoms with Gasteiger partial charge in [0.2, 0.25) is 0 Å². The number of aliphatic carboxylic acids is 1. The summed E-state index contributed by atoms with van der Waals surface area (Å²) in [5.41, 5.74) is 3.23. The monoisotopic (exact) mass is 275 g/mol. The molecule has 19 heavy (non-hydrogen) atoms. The quantitative estimate of drug-likeness (QED) is 0.844. The van der Waals surface area contributed by atoms with E-state index in [1.165, 1.54) is 17.2 Å². The topological polar surface area (TPSA) is 79.5 Å². The Hall–Kier alpha value is -1.83. The van der Waals surface area contributed by atoms with Crippen LogP contribution in [0.4, 0.5) is 19.0 Å². The molecule has 1 aromatic heterocycles. The van der Waals surface area contributed by atoms with Crippen LogP contribution in [0.3, 0.4) is 0 Å². The van der Waals surface area contributed by atoms with Crippen molar-refractivity contribution in [3.05, 3.63) is 23.9 Å². The van der Waals surface area contributed by atoms with Crippen molar-refractivity contribution >= 4 is 11.8 Å². The molecule has 2 rings (SSSR count). The molecule has 8 heteroatoms. The largest absolute Gasteiger partial charge is 0.480 e. The van der Waals surface area contributed by atoms with Crippen LogP contribution in [0.1, 0.15) is 12.0 Å². The van der Waals surface area contributed by atoms with Gasteiger partial charge in [0, 0.05) is 19.3 Å². The minimum Gasteiger partial charge on any atom is -0.480 e. The molecule has 0 amide bonds. The first kappa shape index (κ1) is 13.6. The van der Waals surface area contributed by atoms with Crippen LogP contribution in [-0.4, -0.2) is 34.7 Å². The zero-order valence-electron chi connectivity index (χ0n) is 9.81. The molecule has 0 aromatic carbocycles. The number of carboxylic acid groups (broad SMARTS) is 1. The van der Waals surface area contributed by atoms with Crippen molar-refractivity contribution < 1.29 is 23.1 Å². The van der Waals surface area contributed by atoms with Gasteiger partial charge in [0.05, 0.1) is 5.56 Å². The summed E-state index contributed by atoms with van der Waals surface area (Å²) in [6, 6.07) is 2.11. The van der Waals surface area contributed by atoms with Crippen molar-refractivity contribution in [1.82, 2.24) is 4.98 Å². The lowest BCUT2D eigenvalue weighted by atomic mass is 10.0. The second kappa shape index (κ2) is 4.37. The van der Waals surface area contributed by atoms with Crippen molar-refractivity contribution in [1.29, 1.82) is 0 Å². The number of hydrogen-bond acceptors (Lipinski definition) is 4. The zero-order valence-corrected chi connectivity index (χ0v) is 9.81. The molecular weight excluding hydrogens is 263 g/mol. The summed E-state index contributed by atoms with van der Waals surface area (Å²) in [6.45, 7) is -0.0642. The fraction of sp³-hybridized carbons (Fsp3) is 0.455. The average Bonchev–Trinajstić information content (AvgIpc) is 2.72. The van der Waals surface area contributed by atoms with Gasteiger partial charge in [-0.1, -0.05) is 0 Å². The normalized spacial score (nSPS) is 23.7. The predicted molar refractivity (Wildman–Crippen MR) is 60.6 cm³/mol. The third-order valence-corrected chi connectivity index (χ3v) is 3.12. The molecule has 1 unspecified atom stereocenters. The molecule has 1 saturated heterocycles. The minimum absolute atomic E-state index is 0.0796. The Morgan fingerprint density at radius 2 is 2.21 bits per heavy atom. The van der Waals surface area contributed by atoms with E-state index < -0.39 is 23.2 Å². The maximum absolute atomic E-state index is 12.8. The average molecular weight is 275 g/mol. The molecule has 3 N–H and O–H groups in total. The molecule has 0 spiro atoms. The highest BCUT2D eigenvalue weighted by atomic mass is 19.4. The lowest BCUT2D eigenvalue weighted by molar-refractivity contribution is -0.142. The molecule has 0 aliphatic carbocycles. The Balaban J connectivity index is 2.33. The first-order valence-corrected chi connectivity index (χ1v) is 5.53. The molecule has 0 saturated carbocycles. The molecule has 104 valence electrons. The van der Waals surface area contributed by atoms with Crippen molar-refractivity contribution in [2.75, 3.05) is 18.0 Å². The second-order valence-corrected chi connectivity index (χ2v) is 4.51. The van der Waals surface area contributed by atoms with Gasteiger partial charge < -0.3 is 15.7 Å². The SMILES string of the molecule is NC1(C(=O)O)CCN(c2ncccc2C(F)(F)F)C1. The fourth-order valence-electron chi connectivity index (χ4n) is 2.06. The van der Waals surface area contributed by atoms with Crippen LogP contribution in [0.2, 0.25) is 0 Å². The highest BCUT2D eigenvalue weighted by Crippen LogP contribution is 2.37. The van der Waals surface area contributed by atoms with Crippen molar-refractivity contribution in [2.45, 2.75) is 18.1 Å². The molecule has 0 radical (unpaired) electrons. The summed E-state index contributed by atoms with van der Waals surface area (Å²) < 4.78 is 38.5. The molecule has 1 aliphatic rings. The lowest BCUT2D eigenvalue weighted by Gasteiger charge is -2.23. The number of alkyl halides is 3. The lowest BCUT2D eigenvalue weighted by Crippen LogP contribution is -2.50. The van der Waals surface area contributed by atoms with Crippen LogP contribution in [0.5, 0.6) is 0 Å². The first-order chi connectivity index (χ1) is 8.74. The Labute approximate surface area is 106 Å². The van der Waals surface area contributed by atoms with Crippen molar-refractivity contribution in [2.24, 2.45) is 5.73 Å². The minimum atomic E-state index is -4.54. The van der Waals surface area contributed by atoms with Gasteiger partial charge in [0.15, 0.2) is 0 Å². The summed E-state index contributed by atoms with van der Waals surface area (Å²) in [7, 11) is 0. The van der Waals surface area contributed by atoms with Crippen LogP contribution in [0.15, 0.2) is 18.3 Å². The molecule has 5 nitrogen and oxygen atoms in total. The van der Waals surface area contributed by atoms with Crippen molar-refractivity contribution in [3.63, 3.8) is 0 Å². The maximum Gasteiger partial charge on any atom is 0.419 e. The Bertz CT molecular complexity index is 506. The standard InChI is InChI=1S/C11H12F3N3O2/c12-11(13,14)7-2-1-4-16-8(7)17-5-3-10(15,6-17)9(18)19/h1-2,4H,3,5-6,15H2,(H,18,19). The Morgan fingerprint density at radius 1 is 1.53 bits per heavy atom. The van der Waals surface area contributed by atoms with E-state index in [9.17, 15) is 18.0 Å². The number of pyridine rings is 1. The van der Waals surface area contributed by atoms with Crippen LogP contribution in [0, 0.1) is 0 Å². The van der Waals surface area contributed by atoms with Gasteiger partial charge >= 0.3 is 12.1 Å². The number of aromatic nitrogens is 1. The maximum atomic E-state index is 12.8. The van der Waals surface area contributed by atoms with Gasteiger partial charge in [-0.3, -0.25) is 4.79 Å². The summed E-state index contributed by atoms with van der Waals surface area (Å²) in [5, 5.41) is 8.97.